The maximum atomic E-state index is 13.9. The normalized spacial score (nSPS) is 27.3. The van der Waals surface area contributed by atoms with E-state index in [1.54, 1.807) is 31.3 Å². The standard InChI is InChI=1S/C26H24N4O6S/c1-25-7-8-26(36-25,9-10-33-16-4-6-19-20(11-16)35-14-34-19)17(13-31)21(25)24(32)30(2)18-5-3-15(12-27)22-23(18)29-37-28-22/h3-6,11,13,17,21H,7-10,14H2,1-2H3/t17-,21-,25-,26-/m1/s1. The van der Waals surface area contributed by atoms with Crippen molar-refractivity contribution in [2.24, 2.45) is 11.8 Å². The summed E-state index contributed by atoms with van der Waals surface area (Å²) in [7, 11) is 1.66. The summed E-state index contributed by atoms with van der Waals surface area (Å²) in [6.07, 6.45) is 2.65. The Morgan fingerprint density at radius 2 is 2.05 bits per heavy atom. The largest absolute Gasteiger partial charge is 0.493 e. The number of aldehydes is 1. The number of rotatable bonds is 7. The fourth-order valence-corrected chi connectivity index (χ4v) is 6.54. The first-order valence-electron chi connectivity index (χ1n) is 12.0. The van der Waals surface area contributed by atoms with E-state index in [2.05, 4.69) is 14.8 Å². The molecule has 3 aromatic rings. The van der Waals surface area contributed by atoms with Crippen LogP contribution in [0, 0.1) is 23.2 Å². The third-order valence-electron chi connectivity index (χ3n) is 7.86. The van der Waals surface area contributed by atoms with Gasteiger partial charge in [-0.2, -0.15) is 14.0 Å². The molecule has 3 aliphatic rings. The number of nitriles is 1. The van der Waals surface area contributed by atoms with Crippen molar-refractivity contribution >= 4 is 40.6 Å². The molecule has 0 N–H and O–H groups in total. The zero-order valence-electron chi connectivity index (χ0n) is 20.3. The highest BCUT2D eigenvalue weighted by molar-refractivity contribution is 7.00. The maximum absolute atomic E-state index is 13.9. The fourth-order valence-electron chi connectivity index (χ4n) is 5.97. The molecule has 0 spiro atoms. The summed E-state index contributed by atoms with van der Waals surface area (Å²) in [5, 5.41) is 9.38. The van der Waals surface area contributed by atoms with Gasteiger partial charge in [-0.25, -0.2) is 0 Å². The van der Waals surface area contributed by atoms with Gasteiger partial charge in [-0.1, -0.05) is 0 Å². The summed E-state index contributed by atoms with van der Waals surface area (Å²) >= 11 is 0.989. The molecule has 2 aromatic carbocycles. The minimum absolute atomic E-state index is 0.187. The summed E-state index contributed by atoms with van der Waals surface area (Å²) < 4.78 is 31.8. The number of hydrogen-bond acceptors (Lipinski definition) is 10. The summed E-state index contributed by atoms with van der Waals surface area (Å²) in [5.74, 6) is 0.438. The van der Waals surface area contributed by atoms with Crippen LogP contribution in [-0.4, -0.2) is 52.6 Å². The van der Waals surface area contributed by atoms with Crippen molar-refractivity contribution in [2.75, 3.05) is 25.3 Å². The minimum Gasteiger partial charge on any atom is -0.493 e. The van der Waals surface area contributed by atoms with Crippen LogP contribution in [0.15, 0.2) is 30.3 Å². The zero-order chi connectivity index (χ0) is 25.8. The number of aromatic nitrogens is 2. The molecular formula is C26H24N4O6S. The summed E-state index contributed by atoms with van der Waals surface area (Å²) in [6, 6.07) is 10.8. The zero-order valence-corrected chi connectivity index (χ0v) is 21.1. The molecule has 2 fully saturated rings. The van der Waals surface area contributed by atoms with Gasteiger partial charge in [-0.05, 0) is 44.0 Å². The molecule has 37 heavy (non-hydrogen) atoms. The maximum Gasteiger partial charge on any atom is 0.233 e. The van der Waals surface area contributed by atoms with Crippen molar-refractivity contribution in [3.63, 3.8) is 0 Å². The Balaban J connectivity index is 1.22. The lowest BCUT2D eigenvalue weighted by Gasteiger charge is -2.36. The number of ether oxygens (including phenoxy) is 4. The monoisotopic (exact) mass is 520 g/mol. The smallest absolute Gasteiger partial charge is 0.233 e. The van der Waals surface area contributed by atoms with Crippen LogP contribution >= 0.6 is 11.7 Å². The molecule has 6 rings (SSSR count). The average Bonchev–Trinajstić information content (AvgIpc) is 3.68. The predicted octanol–water partition coefficient (Wildman–Crippen LogP) is 3.48. The lowest BCUT2D eigenvalue weighted by molar-refractivity contribution is -0.130. The molecule has 190 valence electrons. The highest BCUT2D eigenvalue weighted by Crippen LogP contribution is 2.59. The van der Waals surface area contributed by atoms with Gasteiger partial charge in [0.05, 0.1) is 52.6 Å². The molecule has 0 saturated carbocycles. The van der Waals surface area contributed by atoms with Gasteiger partial charge in [-0.3, -0.25) is 4.79 Å². The van der Waals surface area contributed by atoms with Crippen LogP contribution in [0.4, 0.5) is 5.69 Å². The molecule has 2 saturated heterocycles. The van der Waals surface area contributed by atoms with E-state index in [1.807, 2.05) is 13.0 Å². The van der Waals surface area contributed by atoms with Crippen LogP contribution in [0.5, 0.6) is 17.2 Å². The number of carbonyl (C=O) groups excluding carboxylic acids is 2. The number of carbonyl (C=O) groups is 2. The third kappa shape index (κ3) is 3.62. The van der Waals surface area contributed by atoms with Gasteiger partial charge in [0, 0.05) is 19.5 Å². The SMILES string of the molecule is CN(C(=O)[C@H]1[C@@H](C=O)[C@]2(CCOc3ccc4c(c3)OCO4)CC[C@@]1(C)O2)c1ccc(C#N)c2nsnc12. The van der Waals surface area contributed by atoms with Crippen LogP contribution < -0.4 is 19.1 Å². The van der Waals surface area contributed by atoms with Crippen LogP contribution in [-0.2, 0) is 14.3 Å². The molecule has 1 aromatic heterocycles. The van der Waals surface area contributed by atoms with Gasteiger partial charge >= 0.3 is 0 Å². The highest BCUT2D eigenvalue weighted by Gasteiger charge is 2.67. The van der Waals surface area contributed by atoms with Crippen molar-refractivity contribution in [3.8, 4) is 23.3 Å². The second-order valence-corrected chi connectivity index (χ2v) is 10.4. The Bertz CT molecular complexity index is 1450. The Kier molecular flexibility index (Phi) is 5.54. The Morgan fingerprint density at radius 1 is 1.24 bits per heavy atom. The van der Waals surface area contributed by atoms with E-state index in [0.29, 0.717) is 65.4 Å². The van der Waals surface area contributed by atoms with Crippen molar-refractivity contribution in [1.29, 1.82) is 5.26 Å². The minimum atomic E-state index is -0.782. The molecule has 4 atom stereocenters. The molecule has 1 amide bonds. The highest BCUT2D eigenvalue weighted by atomic mass is 32.1. The summed E-state index contributed by atoms with van der Waals surface area (Å²) in [5.41, 5.74) is 0.338. The number of anilines is 1. The average molecular weight is 521 g/mol. The first-order valence-corrected chi connectivity index (χ1v) is 12.7. The number of fused-ring (bicyclic) bond motifs is 4. The van der Waals surface area contributed by atoms with Crippen molar-refractivity contribution in [2.45, 2.75) is 37.4 Å². The molecular weight excluding hydrogens is 496 g/mol. The van der Waals surface area contributed by atoms with E-state index in [4.69, 9.17) is 18.9 Å². The number of nitrogens with zero attached hydrogens (tertiary/aromatic N) is 4. The topological polar surface area (TPSA) is 124 Å². The van der Waals surface area contributed by atoms with E-state index >= 15 is 0 Å². The molecule has 10 nitrogen and oxygen atoms in total. The molecule has 11 heteroatoms. The first-order chi connectivity index (χ1) is 17.9. The molecule has 0 aliphatic carbocycles. The van der Waals surface area contributed by atoms with E-state index in [-0.39, 0.29) is 12.7 Å². The number of hydrogen-bond donors (Lipinski definition) is 0. The third-order valence-corrected chi connectivity index (χ3v) is 8.39. The van der Waals surface area contributed by atoms with Gasteiger partial charge in [0.1, 0.15) is 29.1 Å². The summed E-state index contributed by atoms with van der Waals surface area (Å²) in [4.78, 5) is 27.9. The molecule has 0 unspecified atom stereocenters. The summed E-state index contributed by atoms with van der Waals surface area (Å²) in [6.45, 7) is 2.41. The Morgan fingerprint density at radius 3 is 2.86 bits per heavy atom. The van der Waals surface area contributed by atoms with Crippen molar-refractivity contribution in [3.05, 3.63) is 35.9 Å². The van der Waals surface area contributed by atoms with Crippen molar-refractivity contribution < 1.29 is 28.5 Å². The lowest BCUT2D eigenvalue weighted by Crippen LogP contribution is -2.49. The second-order valence-electron chi connectivity index (χ2n) is 9.84. The lowest BCUT2D eigenvalue weighted by atomic mass is 9.66. The van der Waals surface area contributed by atoms with Crippen LogP contribution in [0.2, 0.25) is 0 Å². The molecule has 3 aliphatic heterocycles. The van der Waals surface area contributed by atoms with Gasteiger partial charge < -0.3 is 28.6 Å². The van der Waals surface area contributed by atoms with Crippen molar-refractivity contribution in [1.82, 2.24) is 8.75 Å². The number of amides is 1. The van der Waals surface area contributed by atoms with E-state index in [1.165, 1.54) is 4.90 Å². The molecule has 2 bridgehead atoms. The van der Waals surface area contributed by atoms with Crippen LogP contribution in [0.1, 0.15) is 31.7 Å². The first kappa shape index (κ1) is 23.6. The molecule has 4 heterocycles. The van der Waals surface area contributed by atoms with Crippen LogP contribution in [0.3, 0.4) is 0 Å². The van der Waals surface area contributed by atoms with Gasteiger partial charge in [0.25, 0.3) is 0 Å². The van der Waals surface area contributed by atoms with Gasteiger partial charge in [-0.15, -0.1) is 0 Å². The second kappa shape index (κ2) is 8.68. The van der Waals surface area contributed by atoms with E-state index in [0.717, 1.165) is 18.0 Å². The van der Waals surface area contributed by atoms with Gasteiger partial charge in [0.2, 0.25) is 12.7 Å². The molecule has 0 radical (unpaired) electrons. The van der Waals surface area contributed by atoms with Gasteiger partial charge in [0.15, 0.2) is 11.5 Å². The van der Waals surface area contributed by atoms with E-state index in [9.17, 15) is 14.9 Å². The Hall–Kier alpha value is -3.75. The van der Waals surface area contributed by atoms with E-state index < -0.39 is 23.0 Å². The fraction of sp³-hybridized carbons (Fsp3) is 0.423. The number of benzene rings is 2. The van der Waals surface area contributed by atoms with Crippen LogP contribution in [0.25, 0.3) is 11.0 Å². The Labute approximate surface area is 217 Å². The quantitative estimate of drug-likeness (QED) is 0.431. The predicted molar refractivity (Wildman–Crippen MR) is 133 cm³/mol.